The van der Waals surface area contributed by atoms with E-state index < -0.39 is 17.7 Å². The predicted molar refractivity (Wildman–Crippen MR) is 135 cm³/mol. The van der Waals surface area contributed by atoms with Gasteiger partial charge in [0.1, 0.15) is 17.3 Å². The number of ether oxygens (including phenoxy) is 4. The highest BCUT2D eigenvalue weighted by atomic mass is 16.5. The van der Waals surface area contributed by atoms with Crippen LogP contribution in [0, 0.1) is 0 Å². The number of carbonyl (C=O) groups is 2. The Morgan fingerprint density at radius 1 is 0.861 bits per heavy atom. The number of ketones is 1. The summed E-state index contributed by atoms with van der Waals surface area (Å²) in [7, 11) is 4.49. The van der Waals surface area contributed by atoms with E-state index in [4.69, 9.17) is 18.9 Å². The summed E-state index contributed by atoms with van der Waals surface area (Å²) in [5.74, 6) is -0.116. The van der Waals surface area contributed by atoms with Crippen LogP contribution in [-0.4, -0.2) is 44.7 Å². The fourth-order valence-electron chi connectivity index (χ4n) is 4.31. The molecule has 0 spiro atoms. The summed E-state index contributed by atoms with van der Waals surface area (Å²) in [6, 6.07) is 17.8. The van der Waals surface area contributed by atoms with E-state index in [1.165, 1.54) is 26.2 Å². The van der Waals surface area contributed by atoms with Crippen LogP contribution in [0.1, 0.15) is 24.1 Å². The van der Waals surface area contributed by atoms with E-state index in [1.54, 1.807) is 66.7 Å². The van der Waals surface area contributed by atoms with Crippen LogP contribution in [0.4, 0.5) is 5.69 Å². The van der Waals surface area contributed by atoms with Gasteiger partial charge in [-0.15, -0.1) is 0 Å². The SMILES string of the molecule is CCOc1cccc(N2C(=O)C(=O)/C(=C(\O)c3ccccc3OC)C2c2ccc(OC)c(OC)c2)c1. The van der Waals surface area contributed by atoms with Gasteiger partial charge < -0.3 is 24.1 Å². The van der Waals surface area contributed by atoms with E-state index in [2.05, 4.69) is 0 Å². The molecule has 3 aromatic carbocycles. The number of para-hydroxylation sites is 1. The first-order chi connectivity index (χ1) is 17.4. The molecule has 0 saturated carbocycles. The van der Waals surface area contributed by atoms with E-state index in [9.17, 15) is 14.7 Å². The van der Waals surface area contributed by atoms with Crippen LogP contribution in [0.2, 0.25) is 0 Å². The van der Waals surface area contributed by atoms with Gasteiger partial charge in [0.05, 0.1) is 45.1 Å². The van der Waals surface area contributed by atoms with E-state index in [0.29, 0.717) is 46.4 Å². The quantitative estimate of drug-likeness (QED) is 0.278. The fraction of sp³-hybridized carbons (Fsp3) is 0.214. The van der Waals surface area contributed by atoms with Gasteiger partial charge in [0, 0.05) is 11.8 Å². The molecule has 1 heterocycles. The smallest absolute Gasteiger partial charge is 0.300 e. The standard InChI is InChI=1S/C28H27NO7/c1-5-36-19-10-8-9-18(16-19)29-25(17-13-14-22(34-3)23(15-17)35-4)24(27(31)28(29)32)26(30)20-11-6-7-12-21(20)33-2/h6-16,25,30H,5H2,1-4H3/b26-24-. The summed E-state index contributed by atoms with van der Waals surface area (Å²) in [6.45, 7) is 2.30. The molecule has 0 aliphatic carbocycles. The Bertz CT molecular complexity index is 1330. The molecule has 1 fully saturated rings. The first kappa shape index (κ1) is 24.7. The molecule has 1 atom stereocenters. The first-order valence-electron chi connectivity index (χ1n) is 11.3. The number of carbonyl (C=O) groups excluding carboxylic acids is 2. The van der Waals surface area contributed by atoms with Gasteiger partial charge in [-0.2, -0.15) is 0 Å². The summed E-state index contributed by atoms with van der Waals surface area (Å²) >= 11 is 0. The molecular formula is C28H27NO7. The summed E-state index contributed by atoms with van der Waals surface area (Å²) in [5, 5.41) is 11.4. The third-order valence-electron chi connectivity index (χ3n) is 5.94. The number of rotatable bonds is 8. The molecule has 1 aliphatic heterocycles. The number of hydrogen-bond acceptors (Lipinski definition) is 7. The topological polar surface area (TPSA) is 94.5 Å². The minimum absolute atomic E-state index is 0.0708. The Kier molecular flexibility index (Phi) is 7.15. The molecule has 8 heteroatoms. The first-order valence-corrected chi connectivity index (χ1v) is 11.3. The second-order valence-electron chi connectivity index (χ2n) is 7.91. The van der Waals surface area contributed by atoms with Crippen molar-refractivity contribution < 1.29 is 33.6 Å². The number of nitrogens with zero attached hydrogens (tertiary/aromatic N) is 1. The van der Waals surface area contributed by atoms with Gasteiger partial charge in [0.25, 0.3) is 11.7 Å². The van der Waals surface area contributed by atoms with Crippen molar-refractivity contribution in [1.82, 2.24) is 0 Å². The zero-order valence-electron chi connectivity index (χ0n) is 20.5. The number of aliphatic hydroxyl groups excluding tert-OH is 1. The number of methoxy groups -OCH3 is 3. The van der Waals surface area contributed by atoms with Crippen LogP contribution in [0.15, 0.2) is 72.3 Å². The molecule has 186 valence electrons. The second-order valence-corrected chi connectivity index (χ2v) is 7.91. The number of aliphatic hydroxyl groups is 1. The van der Waals surface area contributed by atoms with Crippen LogP contribution in [-0.2, 0) is 9.59 Å². The molecule has 0 radical (unpaired) electrons. The summed E-state index contributed by atoms with van der Waals surface area (Å²) < 4.78 is 21.8. The summed E-state index contributed by atoms with van der Waals surface area (Å²) in [6.07, 6.45) is 0. The largest absolute Gasteiger partial charge is 0.507 e. The van der Waals surface area contributed by atoms with Crippen LogP contribution in [0.25, 0.3) is 5.76 Å². The van der Waals surface area contributed by atoms with E-state index in [1.807, 2.05) is 6.92 Å². The van der Waals surface area contributed by atoms with Gasteiger partial charge in [-0.05, 0) is 48.9 Å². The fourth-order valence-corrected chi connectivity index (χ4v) is 4.31. The number of amides is 1. The molecule has 8 nitrogen and oxygen atoms in total. The normalized spacial score (nSPS) is 16.7. The van der Waals surface area contributed by atoms with E-state index in [0.717, 1.165) is 0 Å². The minimum Gasteiger partial charge on any atom is -0.507 e. The Labute approximate surface area is 209 Å². The maximum Gasteiger partial charge on any atom is 0.300 e. The van der Waals surface area contributed by atoms with Gasteiger partial charge in [-0.1, -0.05) is 24.3 Å². The summed E-state index contributed by atoms with van der Waals surface area (Å²) in [4.78, 5) is 28.2. The molecule has 1 saturated heterocycles. The van der Waals surface area contributed by atoms with Gasteiger partial charge in [-0.3, -0.25) is 14.5 Å². The van der Waals surface area contributed by atoms with E-state index >= 15 is 0 Å². The predicted octanol–water partition coefficient (Wildman–Crippen LogP) is 4.74. The highest BCUT2D eigenvalue weighted by molar-refractivity contribution is 6.51. The number of hydrogen-bond donors (Lipinski definition) is 1. The number of benzene rings is 3. The molecule has 3 aromatic rings. The van der Waals surface area contributed by atoms with Crippen molar-refractivity contribution in [3.63, 3.8) is 0 Å². The maximum absolute atomic E-state index is 13.4. The average Bonchev–Trinajstić information content (AvgIpc) is 3.18. The minimum atomic E-state index is -0.952. The number of Topliss-reactive ketones (excluding diaryl/α,β-unsaturated/α-hetero) is 1. The molecule has 1 amide bonds. The van der Waals surface area contributed by atoms with Gasteiger partial charge in [-0.25, -0.2) is 0 Å². The third-order valence-corrected chi connectivity index (χ3v) is 5.94. The maximum atomic E-state index is 13.4. The van der Waals surface area contributed by atoms with Gasteiger partial charge >= 0.3 is 0 Å². The van der Waals surface area contributed by atoms with Crippen molar-refractivity contribution in [2.75, 3.05) is 32.8 Å². The van der Waals surface area contributed by atoms with Crippen molar-refractivity contribution >= 4 is 23.1 Å². The lowest BCUT2D eigenvalue weighted by molar-refractivity contribution is -0.132. The zero-order chi connectivity index (χ0) is 25.8. The van der Waals surface area contributed by atoms with Crippen LogP contribution >= 0.6 is 0 Å². The monoisotopic (exact) mass is 489 g/mol. The second kappa shape index (κ2) is 10.4. The molecule has 0 aromatic heterocycles. The third kappa shape index (κ3) is 4.33. The molecule has 4 rings (SSSR count). The molecule has 1 aliphatic rings. The molecule has 1 unspecified atom stereocenters. The van der Waals surface area contributed by atoms with Gasteiger partial charge in [0.15, 0.2) is 11.5 Å². The van der Waals surface area contributed by atoms with Crippen LogP contribution in [0.5, 0.6) is 23.0 Å². The lowest BCUT2D eigenvalue weighted by atomic mass is 9.94. The highest BCUT2D eigenvalue weighted by Crippen LogP contribution is 2.45. The van der Waals surface area contributed by atoms with E-state index in [-0.39, 0.29) is 11.3 Å². The van der Waals surface area contributed by atoms with Crippen LogP contribution < -0.4 is 23.8 Å². The van der Waals surface area contributed by atoms with Crippen molar-refractivity contribution in [3.8, 4) is 23.0 Å². The summed E-state index contributed by atoms with van der Waals surface area (Å²) in [5.41, 5.74) is 1.22. The Balaban J connectivity index is 1.98. The lowest BCUT2D eigenvalue weighted by Gasteiger charge is -2.26. The molecule has 0 bridgehead atoms. The average molecular weight is 490 g/mol. The van der Waals surface area contributed by atoms with Crippen LogP contribution in [0.3, 0.4) is 0 Å². The van der Waals surface area contributed by atoms with Crippen molar-refractivity contribution in [3.05, 3.63) is 83.4 Å². The Morgan fingerprint density at radius 2 is 1.58 bits per heavy atom. The van der Waals surface area contributed by atoms with Gasteiger partial charge in [0.2, 0.25) is 0 Å². The Morgan fingerprint density at radius 3 is 2.28 bits per heavy atom. The highest BCUT2D eigenvalue weighted by Gasteiger charge is 2.47. The lowest BCUT2D eigenvalue weighted by Crippen LogP contribution is -2.29. The molecule has 36 heavy (non-hydrogen) atoms. The van der Waals surface area contributed by atoms with Crippen molar-refractivity contribution in [1.29, 1.82) is 0 Å². The molecular weight excluding hydrogens is 462 g/mol. The van der Waals surface area contributed by atoms with Crippen molar-refractivity contribution in [2.24, 2.45) is 0 Å². The molecule has 1 N–H and O–H groups in total. The Hall–Kier alpha value is -4.46. The number of anilines is 1. The van der Waals surface area contributed by atoms with Crippen molar-refractivity contribution in [2.45, 2.75) is 13.0 Å². The zero-order valence-corrected chi connectivity index (χ0v) is 20.5.